The second kappa shape index (κ2) is 9.32. The maximum absolute atomic E-state index is 9.47. The van der Waals surface area contributed by atoms with Crippen molar-refractivity contribution in [1.29, 1.82) is 0 Å². The van der Waals surface area contributed by atoms with Crippen LogP contribution in [0.4, 0.5) is 0 Å². The van der Waals surface area contributed by atoms with E-state index in [9.17, 15) is 5.11 Å². The Bertz CT molecular complexity index is 126. The van der Waals surface area contributed by atoms with E-state index in [1.165, 1.54) is 0 Å². The molecule has 86 valence electrons. The lowest BCUT2D eigenvalue weighted by atomic mass is 10.2. The highest BCUT2D eigenvalue weighted by Gasteiger charge is 2.18. The van der Waals surface area contributed by atoms with Gasteiger partial charge in [0.05, 0.1) is 26.4 Å². The van der Waals surface area contributed by atoms with Gasteiger partial charge in [-0.05, 0) is 0 Å². The highest BCUT2D eigenvalue weighted by Crippen LogP contribution is 1.99. The van der Waals surface area contributed by atoms with Crippen LogP contribution < -0.4 is 11.5 Å². The summed E-state index contributed by atoms with van der Waals surface area (Å²) in [5.74, 6) is 0. The SMILES string of the molecule is NCCOCC(O)C(CO)OCCN. The quantitative estimate of drug-likeness (QED) is 0.316. The standard InChI is InChI=1S/C8H20N2O4/c9-1-3-13-6-7(12)8(5-11)14-4-2-10/h7-8,11-12H,1-6,9-10H2. The highest BCUT2D eigenvalue weighted by atomic mass is 16.5. The van der Waals surface area contributed by atoms with Crippen molar-refractivity contribution in [2.24, 2.45) is 11.5 Å². The van der Waals surface area contributed by atoms with Crippen LogP contribution in [0.15, 0.2) is 0 Å². The molecule has 14 heavy (non-hydrogen) atoms. The van der Waals surface area contributed by atoms with Crippen LogP contribution in [0.2, 0.25) is 0 Å². The molecule has 0 amide bonds. The Morgan fingerprint density at radius 3 is 2.29 bits per heavy atom. The van der Waals surface area contributed by atoms with E-state index >= 15 is 0 Å². The fourth-order valence-electron chi connectivity index (χ4n) is 0.900. The Balaban J connectivity index is 3.61. The zero-order valence-corrected chi connectivity index (χ0v) is 8.26. The monoisotopic (exact) mass is 208 g/mol. The molecule has 6 heteroatoms. The Morgan fingerprint density at radius 2 is 1.79 bits per heavy atom. The van der Waals surface area contributed by atoms with Crippen molar-refractivity contribution < 1.29 is 19.7 Å². The Labute approximate surface area is 83.8 Å². The highest BCUT2D eigenvalue weighted by molar-refractivity contribution is 4.67. The molecule has 6 nitrogen and oxygen atoms in total. The summed E-state index contributed by atoms with van der Waals surface area (Å²) < 4.78 is 10.1. The fraction of sp³-hybridized carbons (Fsp3) is 1.00. The van der Waals surface area contributed by atoms with Crippen LogP contribution in [0, 0.1) is 0 Å². The summed E-state index contributed by atoms with van der Waals surface area (Å²) in [5.41, 5.74) is 10.4. The third kappa shape index (κ3) is 6.25. The summed E-state index contributed by atoms with van der Waals surface area (Å²) >= 11 is 0. The molecule has 0 rings (SSSR count). The zero-order valence-electron chi connectivity index (χ0n) is 8.26. The van der Waals surface area contributed by atoms with Gasteiger partial charge in [0, 0.05) is 13.1 Å². The Hall–Kier alpha value is -0.240. The van der Waals surface area contributed by atoms with E-state index < -0.39 is 12.2 Å². The molecule has 0 aromatic heterocycles. The predicted molar refractivity (Wildman–Crippen MR) is 51.8 cm³/mol. The van der Waals surface area contributed by atoms with E-state index in [-0.39, 0.29) is 13.2 Å². The number of hydrogen-bond acceptors (Lipinski definition) is 6. The summed E-state index contributed by atoms with van der Waals surface area (Å²) in [6.07, 6.45) is -1.49. The molecule has 0 heterocycles. The van der Waals surface area contributed by atoms with Crippen LogP contribution in [0.25, 0.3) is 0 Å². The average Bonchev–Trinajstić information content (AvgIpc) is 2.19. The van der Waals surface area contributed by atoms with E-state index in [2.05, 4.69) is 0 Å². The van der Waals surface area contributed by atoms with Gasteiger partial charge < -0.3 is 31.2 Å². The Morgan fingerprint density at radius 1 is 1.14 bits per heavy atom. The molecule has 6 N–H and O–H groups in total. The molecule has 0 saturated carbocycles. The first-order chi connectivity index (χ1) is 6.76. The lowest BCUT2D eigenvalue weighted by Crippen LogP contribution is -2.37. The molecule has 2 atom stereocenters. The molecular formula is C8H20N2O4. The van der Waals surface area contributed by atoms with Crippen LogP contribution in [0.3, 0.4) is 0 Å². The summed E-state index contributed by atoms with van der Waals surface area (Å²) in [7, 11) is 0. The Kier molecular flexibility index (Phi) is 9.16. The molecular weight excluding hydrogens is 188 g/mol. The van der Waals surface area contributed by atoms with Gasteiger partial charge in [0.25, 0.3) is 0 Å². The molecule has 0 radical (unpaired) electrons. The van der Waals surface area contributed by atoms with Crippen LogP contribution in [0.5, 0.6) is 0 Å². The van der Waals surface area contributed by atoms with Crippen LogP contribution in [0.1, 0.15) is 0 Å². The van der Waals surface area contributed by atoms with Gasteiger partial charge in [-0.3, -0.25) is 0 Å². The minimum atomic E-state index is -0.849. The smallest absolute Gasteiger partial charge is 0.109 e. The van der Waals surface area contributed by atoms with Crippen LogP contribution >= 0.6 is 0 Å². The van der Waals surface area contributed by atoms with Crippen LogP contribution in [-0.2, 0) is 9.47 Å². The summed E-state index contributed by atoms with van der Waals surface area (Å²) in [5, 5.41) is 18.3. The van der Waals surface area contributed by atoms with Gasteiger partial charge in [0.1, 0.15) is 12.2 Å². The first-order valence-corrected chi connectivity index (χ1v) is 4.64. The van der Waals surface area contributed by atoms with Gasteiger partial charge >= 0.3 is 0 Å². The molecule has 0 aromatic rings. The van der Waals surface area contributed by atoms with Crippen molar-refractivity contribution in [2.45, 2.75) is 12.2 Å². The molecule has 0 aliphatic rings. The van der Waals surface area contributed by atoms with Gasteiger partial charge in [-0.2, -0.15) is 0 Å². The van der Waals surface area contributed by atoms with Gasteiger partial charge in [-0.1, -0.05) is 0 Å². The molecule has 0 saturated heterocycles. The lowest BCUT2D eigenvalue weighted by molar-refractivity contribution is -0.0879. The molecule has 0 aliphatic carbocycles. The maximum Gasteiger partial charge on any atom is 0.109 e. The van der Waals surface area contributed by atoms with Crippen molar-refractivity contribution in [3.05, 3.63) is 0 Å². The second-order valence-corrected chi connectivity index (χ2v) is 2.81. The van der Waals surface area contributed by atoms with Crippen molar-refractivity contribution in [3.8, 4) is 0 Å². The minimum Gasteiger partial charge on any atom is -0.394 e. The third-order valence-electron chi connectivity index (χ3n) is 1.61. The number of ether oxygens (including phenoxy) is 2. The average molecular weight is 208 g/mol. The summed E-state index contributed by atoms with van der Waals surface area (Å²) in [6, 6.07) is 0. The van der Waals surface area contributed by atoms with Gasteiger partial charge in [0.2, 0.25) is 0 Å². The fourth-order valence-corrected chi connectivity index (χ4v) is 0.900. The first kappa shape index (κ1) is 13.8. The predicted octanol–water partition coefficient (Wildman–Crippen LogP) is -2.34. The van der Waals surface area contributed by atoms with Crippen molar-refractivity contribution in [3.63, 3.8) is 0 Å². The van der Waals surface area contributed by atoms with E-state index in [0.29, 0.717) is 26.3 Å². The number of hydrogen-bond donors (Lipinski definition) is 4. The third-order valence-corrected chi connectivity index (χ3v) is 1.61. The number of rotatable bonds is 9. The van der Waals surface area contributed by atoms with Crippen molar-refractivity contribution in [2.75, 3.05) is 39.5 Å². The summed E-state index contributed by atoms with van der Waals surface area (Å²) in [4.78, 5) is 0. The minimum absolute atomic E-state index is 0.104. The normalized spacial score (nSPS) is 15.4. The van der Waals surface area contributed by atoms with Crippen LogP contribution in [-0.4, -0.2) is 61.9 Å². The molecule has 0 fully saturated rings. The van der Waals surface area contributed by atoms with E-state index in [1.54, 1.807) is 0 Å². The first-order valence-electron chi connectivity index (χ1n) is 4.64. The van der Waals surface area contributed by atoms with Crippen molar-refractivity contribution >= 4 is 0 Å². The maximum atomic E-state index is 9.47. The molecule has 0 aliphatic heterocycles. The van der Waals surface area contributed by atoms with E-state index in [1.807, 2.05) is 0 Å². The zero-order chi connectivity index (χ0) is 10.8. The van der Waals surface area contributed by atoms with Gasteiger partial charge in [0.15, 0.2) is 0 Å². The molecule has 0 aromatic carbocycles. The van der Waals surface area contributed by atoms with E-state index in [0.717, 1.165) is 0 Å². The number of aliphatic hydroxyl groups is 2. The largest absolute Gasteiger partial charge is 0.394 e. The second-order valence-electron chi connectivity index (χ2n) is 2.81. The number of aliphatic hydroxyl groups excluding tert-OH is 2. The van der Waals surface area contributed by atoms with Gasteiger partial charge in [-0.15, -0.1) is 0 Å². The molecule has 0 bridgehead atoms. The molecule has 2 unspecified atom stereocenters. The van der Waals surface area contributed by atoms with E-state index in [4.69, 9.17) is 26.0 Å². The topological polar surface area (TPSA) is 111 Å². The summed E-state index contributed by atoms with van der Waals surface area (Å²) in [6.45, 7) is 1.29. The molecule has 0 spiro atoms. The lowest BCUT2D eigenvalue weighted by Gasteiger charge is -2.20. The van der Waals surface area contributed by atoms with Crippen molar-refractivity contribution in [1.82, 2.24) is 0 Å². The number of nitrogens with two attached hydrogens (primary N) is 2. The van der Waals surface area contributed by atoms with Gasteiger partial charge in [-0.25, -0.2) is 0 Å².